The number of rotatable bonds is 10. The number of allylic oxidation sites excluding steroid dienone is 2. The number of hydrogen-bond donors (Lipinski definition) is 1. The molecule has 1 aromatic heterocycles. The third-order valence-electron chi connectivity index (χ3n) is 7.47. The maximum absolute atomic E-state index is 15.0. The topological polar surface area (TPSA) is 86.5 Å². The molecule has 0 amide bonds. The summed E-state index contributed by atoms with van der Waals surface area (Å²) in [6.07, 6.45) is 6.29. The van der Waals surface area contributed by atoms with Crippen molar-refractivity contribution < 1.29 is 23.8 Å². The number of benzene rings is 2. The van der Waals surface area contributed by atoms with Gasteiger partial charge in [-0.1, -0.05) is 37.3 Å². The van der Waals surface area contributed by atoms with Crippen LogP contribution in [0.3, 0.4) is 0 Å². The van der Waals surface area contributed by atoms with Gasteiger partial charge in [-0.15, -0.1) is 5.10 Å². The van der Waals surface area contributed by atoms with E-state index in [0.717, 1.165) is 42.5 Å². The average Bonchev–Trinajstić information content (AvgIpc) is 3.54. The lowest BCUT2D eigenvalue weighted by molar-refractivity contribution is -0.137. The van der Waals surface area contributed by atoms with Gasteiger partial charge in [0.2, 0.25) is 0 Å². The van der Waals surface area contributed by atoms with E-state index < -0.39 is 11.8 Å². The molecule has 1 unspecified atom stereocenters. The Bertz CT molecular complexity index is 1340. The predicted octanol–water partition coefficient (Wildman–Crippen LogP) is 6.17. The first-order chi connectivity index (χ1) is 17.8. The van der Waals surface area contributed by atoms with Crippen LogP contribution in [0.1, 0.15) is 68.8 Å². The minimum absolute atomic E-state index is 0.0158. The lowest BCUT2D eigenvalue weighted by Crippen LogP contribution is -2.15. The van der Waals surface area contributed by atoms with Gasteiger partial charge in [-0.25, -0.2) is 9.07 Å². The van der Waals surface area contributed by atoms with Crippen LogP contribution in [0.5, 0.6) is 11.5 Å². The fraction of sp³-hybridized carbons (Fsp3) is 0.414. The quantitative estimate of drug-likeness (QED) is 0.355. The minimum atomic E-state index is -0.790. The molecule has 1 saturated carbocycles. The third kappa shape index (κ3) is 5.24. The van der Waals surface area contributed by atoms with E-state index in [-0.39, 0.29) is 30.0 Å². The van der Waals surface area contributed by atoms with Crippen molar-refractivity contribution in [2.45, 2.75) is 58.5 Å². The SMILES string of the molecule is COc1ccc(F)c(-n2nnc(COc3cccc(C(CC(=O)O)C4CC4)c3)c2C2=CCCC2(C)C)c1. The van der Waals surface area contributed by atoms with Crippen LogP contribution in [0, 0.1) is 17.2 Å². The van der Waals surface area contributed by atoms with Crippen molar-refractivity contribution in [1.82, 2.24) is 15.0 Å². The number of carbonyl (C=O) groups is 1. The lowest BCUT2D eigenvalue weighted by atomic mass is 9.83. The molecule has 194 valence electrons. The number of halogens is 1. The molecule has 37 heavy (non-hydrogen) atoms. The Labute approximate surface area is 215 Å². The van der Waals surface area contributed by atoms with E-state index in [2.05, 4.69) is 30.2 Å². The number of nitrogens with zero attached hydrogens (tertiary/aromatic N) is 3. The second-order valence-electron chi connectivity index (χ2n) is 10.6. The van der Waals surface area contributed by atoms with E-state index in [9.17, 15) is 14.3 Å². The number of hydrogen-bond acceptors (Lipinski definition) is 5. The number of aliphatic carboxylic acids is 1. The van der Waals surface area contributed by atoms with Crippen LogP contribution in [0.4, 0.5) is 4.39 Å². The molecule has 2 aliphatic rings. The van der Waals surface area contributed by atoms with E-state index >= 15 is 0 Å². The highest BCUT2D eigenvalue weighted by atomic mass is 19.1. The number of ether oxygens (including phenoxy) is 2. The van der Waals surface area contributed by atoms with Crippen LogP contribution in [0.15, 0.2) is 48.5 Å². The highest BCUT2D eigenvalue weighted by Gasteiger charge is 2.35. The zero-order chi connectivity index (χ0) is 26.2. The summed E-state index contributed by atoms with van der Waals surface area (Å²) in [5.41, 5.74) is 3.51. The monoisotopic (exact) mass is 505 g/mol. The summed E-state index contributed by atoms with van der Waals surface area (Å²) in [5.74, 6) is 0.347. The summed E-state index contributed by atoms with van der Waals surface area (Å²) in [5, 5.41) is 18.1. The second-order valence-corrected chi connectivity index (χ2v) is 10.6. The van der Waals surface area contributed by atoms with Gasteiger partial charge in [0.1, 0.15) is 35.3 Å². The normalized spacial score (nSPS) is 17.4. The molecule has 0 bridgehead atoms. The molecule has 5 rings (SSSR count). The van der Waals surface area contributed by atoms with Crippen LogP contribution < -0.4 is 9.47 Å². The van der Waals surface area contributed by atoms with Gasteiger partial charge >= 0.3 is 5.97 Å². The van der Waals surface area contributed by atoms with Gasteiger partial charge in [-0.3, -0.25) is 4.79 Å². The van der Waals surface area contributed by atoms with Crippen LogP contribution in [-0.4, -0.2) is 33.2 Å². The first-order valence-electron chi connectivity index (χ1n) is 12.7. The molecule has 2 aromatic carbocycles. The summed E-state index contributed by atoms with van der Waals surface area (Å²) >= 11 is 0. The van der Waals surface area contributed by atoms with Gasteiger partial charge in [-0.05, 0) is 78.3 Å². The van der Waals surface area contributed by atoms with Crippen LogP contribution in [-0.2, 0) is 11.4 Å². The Balaban J connectivity index is 1.47. The van der Waals surface area contributed by atoms with Crippen molar-refractivity contribution in [3.05, 3.63) is 71.3 Å². The number of aromatic nitrogens is 3. The molecule has 1 atom stereocenters. The van der Waals surface area contributed by atoms with Crippen molar-refractivity contribution in [1.29, 1.82) is 0 Å². The highest BCUT2D eigenvalue weighted by Crippen LogP contribution is 2.46. The molecule has 1 fully saturated rings. The number of carboxylic acids is 1. The van der Waals surface area contributed by atoms with E-state index in [1.54, 1.807) is 23.9 Å². The summed E-state index contributed by atoms with van der Waals surface area (Å²) in [7, 11) is 1.54. The van der Waals surface area contributed by atoms with Crippen molar-refractivity contribution in [2.24, 2.45) is 11.3 Å². The fourth-order valence-electron chi connectivity index (χ4n) is 5.27. The Morgan fingerprint density at radius 2 is 2.03 bits per heavy atom. The smallest absolute Gasteiger partial charge is 0.303 e. The maximum Gasteiger partial charge on any atom is 0.303 e. The molecule has 1 N–H and O–H groups in total. The molecule has 2 aliphatic carbocycles. The van der Waals surface area contributed by atoms with E-state index in [0.29, 0.717) is 23.1 Å². The van der Waals surface area contributed by atoms with Gasteiger partial charge in [0.25, 0.3) is 0 Å². The van der Waals surface area contributed by atoms with Gasteiger partial charge < -0.3 is 14.6 Å². The lowest BCUT2D eigenvalue weighted by Gasteiger charge is -2.24. The number of methoxy groups -OCH3 is 1. The second kappa shape index (κ2) is 10.00. The first-order valence-corrected chi connectivity index (χ1v) is 12.7. The molecule has 7 nitrogen and oxygen atoms in total. The molecule has 3 aromatic rings. The Hall–Kier alpha value is -3.68. The summed E-state index contributed by atoms with van der Waals surface area (Å²) in [6.45, 7) is 4.48. The summed E-state index contributed by atoms with van der Waals surface area (Å²) in [4.78, 5) is 11.4. The maximum atomic E-state index is 15.0. The van der Waals surface area contributed by atoms with E-state index in [1.165, 1.54) is 6.07 Å². The van der Waals surface area contributed by atoms with E-state index in [1.807, 2.05) is 24.3 Å². The van der Waals surface area contributed by atoms with Crippen LogP contribution in [0.25, 0.3) is 11.3 Å². The molecular formula is C29H32FN3O4. The largest absolute Gasteiger partial charge is 0.497 e. The first kappa shape index (κ1) is 25.0. The number of carboxylic acid groups (broad SMARTS) is 1. The van der Waals surface area contributed by atoms with E-state index in [4.69, 9.17) is 9.47 Å². The Morgan fingerprint density at radius 3 is 2.70 bits per heavy atom. The molecule has 8 heteroatoms. The third-order valence-corrected chi connectivity index (χ3v) is 7.47. The van der Waals surface area contributed by atoms with Crippen molar-refractivity contribution >= 4 is 11.5 Å². The zero-order valence-electron chi connectivity index (χ0n) is 21.4. The van der Waals surface area contributed by atoms with Crippen molar-refractivity contribution in [3.8, 4) is 17.2 Å². The molecular weight excluding hydrogens is 473 g/mol. The zero-order valence-corrected chi connectivity index (χ0v) is 21.4. The van der Waals surface area contributed by atoms with Crippen LogP contribution >= 0.6 is 0 Å². The predicted molar refractivity (Wildman–Crippen MR) is 137 cm³/mol. The van der Waals surface area contributed by atoms with Gasteiger partial charge in [0, 0.05) is 6.07 Å². The van der Waals surface area contributed by atoms with Crippen molar-refractivity contribution in [3.63, 3.8) is 0 Å². The molecule has 0 saturated heterocycles. The summed E-state index contributed by atoms with van der Waals surface area (Å²) in [6, 6.07) is 12.2. The molecule has 0 aliphatic heterocycles. The van der Waals surface area contributed by atoms with Gasteiger partial charge in [0.15, 0.2) is 0 Å². The average molecular weight is 506 g/mol. The van der Waals surface area contributed by atoms with Crippen molar-refractivity contribution in [2.75, 3.05) is 7.11 Å². The van der Waals surface area contributed by atoms with Crippen LogP contribution in [0.2, 0.25) is 0 Å². The Kier molecular flexibility index (Phi) is 6.75. The fourth-order valence-corrected chi connectivity index (χ4v) is 5.27. The molecule has 0 spiro atoms. The molecule has 0 radical (unpaired) electrons. The Morgan fingerprint density at radius 1 is 1.22 bits per heavy atom. The minimum Gasteiger partial charge on any atom is -0.497 e. The van der Waals surface area contributed by atoms with Gasteiger partial charge in [0.05, 0.1) is 19.2 Å². The summed E-state index contributed by atoms with van der Waals surface area (Å²) < 4.78 is 28.0. The molecule has 1 heterocycles. The standard InChI is InChI=1S/C29H32FN3O4/c1-29(2)13-5-8-23(29)28-25(31-32-33(28)26-15-20(36-3)11-12-24(26)30)17-37-21-7-4-6-19(14-21)22(16-27(34)35)18-9-10-18/h4,6-8,11-12,14-15,18,22H,5,9-10,13,16-17H2,1-3H3,(H,34,35). The van der Waals surface area contributed by atoms with Gasteiger partial charge in [-0.2, -0.15) is 0 Å². The highest BCUT2D eigenvalue weighted by molar-refractivity contribution is 5.72.